The zero-order valence-corrected chi connectivity index (χ0v) is 11.6. The van der Waals surface area contributed by atoms with Crippen LogP contribution < -0.4 is 10.6 Å². The van der Waals surface area contributed by atoms with Crippen molar-refractivity contribution in [3.05, 3.63) is 53.6 Å². The highest BCUT2D eigenvalue weighted by molar-refractivity contribution is 5.89. The lowest BCUT2D eigenvalue weighted by Crippen LogP contribution is -2.07. The highest BCUT2D eigenvalue weighted by Gasteiger charge is 2.02. The maximum atomic E-state index is 11.1. The molecule has 0 aliphatic heterocycles. The van der Waals surface area contributed by atoms with Crippen molar-refractivity contribution < 1.29 is 9.90 Å². The fourth-order valence-electron chi connectivity index (χ4n) is 1.96. The number of benzene rings is 2. The number of aryl methyl sites for hydroxylation is 1. The summed E-state index contributed by atoms with van der Waals surface area (Å²) >= 11 is 0. The molecule has 0 aliphatic carbocycles. The summed E-state index contributed by atoms with van der Waals surface area (Å²) in [6, 6.07) is 12.9. The molecule has 3 N–H and O–H groups in total. The Morgan fingerprint density at radius 1 is 1.20 bits per heavy atom. The molecule has 104 valence electrons. The van der Waals surface area contributed by atoms with Crippen LogP contribution in [0, 0.1) is 6.92 Å². The van der Waals surface area contributed by atoms with Crippen molar-refractivity contribution in [2.75, 3.05) is 10.6 Å². The van der Waals surface area contributed by atoms with Crippen molar-refractivity contribution >= 4 is 17.3 Å². The zero-order chi connectivity index (χ0) is 14.5. The predicted molar refractivity (Wildman–Crippen MR) is 80.9 cm³/mol. The molecule has 0 aromatic heterocycles. The van der Waals surface area contributed by atoms with E-state index >= 15 is 0 Å². The predicted octanol–water partition coefficient (Wildman–Crippen LogP) is 3.27. The average Bonchev–Trinajstić information content (AvgIpc) is 2.39. The number of amides is 1. The zero-order valence-electron chi connectivity index (χ0n) is 11.6. The van der Waals surface area contributed by atoms with E-state index < -0.39 is 0 Å². The molecule has 0 fully saturated rings. The number of hydrogen-bond acceptors (Lipinski definition) is 3. The third-order valence-electron chi connectivity index (χ3n) is 2.95. The van der Waals surface area contributed by atoms with Crippen LogP contribution in [0.25, 0.3) is 0 Å². The van der Waals surface area contributed by atoms with Crippen LogP contribution in [0.1, 0.15) is 18.1 Å². The van der Waals surface area contributed by atoms with Crippen molar-refractivity contribution in [2.24, 2.45) is 0 Å². The molecule has 1 amide bonds. The third-order valence-corrected chi connectivity index (χ3v) is 2.95. The smallest absolute Gasteiger partial charge is 0.221 e. The molecule has 2 aromatic rings. The third kappa shape index (κ3) is 3.75. The molecular weight excluding hydrogens is 252 g/mol. The Bertz CT molecular complexity index is 624. The fraction of sp³-hybridized carbons (Fsp3) is 0.188. The minimum absolute atomic E-state index is 0.0900. The van der Waals surface area contributed by atoms with Gasteiger partial charge in [-0.05, 0) is 42.3 Å². The van der Waals surface area contributed by atoms with Crippen molar-refractivity contribution in [3.63, 3.8) is 0 Å². The molecule has 20 heavy (non-hydrogen) atoms. The van der Waals surface area contributed by atoms with Crippen LogP contribution in [0.3, 0.4) is 0 Å². The number of nitrogens with one attached hydrogen (secondary N) is 2. The van der Waals surface area contributed by atoms with Crippen LogP contribution in [0.2, 0.25) is 0 Å². The number of anilines is 2. The second kappa shape index (κ2) is 6.10. The second-order valence-corrected chi connectivity index (χ2v) is 4.73. The van der Waals surface area contributed by atoms with E-state index in [0.717, 1.165) is 22.5 Å². The molecule has 0 radical (unpaired) electrons. The van der Waals surface area contributed by atoms with Crippen LogP contribution in [-0.4, -0.2) is 11.0 Å². The van der Waals surface area contributed by atoms with E-state index in [4.69, 9.17) is 0 Å². The van der Waals surface area contributed by atoms with Gasteiger partial charge in [-0.25, -0.2) is 0 Å². The van der Waals surface area contributed by atoms with Gasteiger partial charge in [0.15, 0.2) is 0 Å². The average molecular weight is 270 g/mol. The van der Waals surface area contributed by atoms with E-state index in [9.17, 15) is 9.90 Å². The van der Waals surface area contributed by atoms with Crippen LogP contribution >= 0.6 is 0 Å². The second-order valence-electron chi connectivity index (χ2n) is 4.73. The normalized spacial score (nSPS) is 10.1. The molecule has 0 spiro atoms. The SMILES string of the molecule is CC(=O)Nc1ccc(C)c(NCc2cccc(O)c2)c1. The molecule has 0 unspecified atom stereocenters. The molecular formula is C16H18N2O2. The van der Waals surface area contributed by atoms with Gasteiger partial charge in [0.2, 0.25) is 5.91 Å². The molecule has 0 bridgehead atoms. The Morgan fingerprint density at radius 2 is 2.00 bits per heavy atom. The van der Waals surface area contributed by atoms with Crippen LogP contribution in [0.5, 0.6) is 5.75 Å². The first kappa shape index (κ1) is 13.9. The Kier molecular flexibility index (Phi) is 4.25. The van der Waals surface area contributed by atoms with Gasteiger partial charge in [0, 0.05) is 24.8 Å². The van der Waals surface area contributed by atoms with Gasteiger partial charge in [-0.3, -0.25) is 4.79 Å². The number of carbonyl (C=O) groups excluding carboxylic acids is 1. The Balaban J connectivity index is 2.10. The lowest BCUT2D eigenvalue weighted by Gasteiger charge is -2.12. The minimum Gasteiger partial charge on any atom is -0.508 e. The largest absolute Gasteiger partial charge is 0.508 e. The number of rotatable bonds is 4. The summed E-state index contributed by atoms with van der Waals surface area (Å²) in [6.45, 7) is 4.10. The molecule has 0 atom stereocenters. The van der Waals surface area contributed by atoms with Gasteiger partial charge in [-0.15, -0.1) is 0 Å². The van der Waals surface area contributed by atoms with Crippen LogP contribution in [0.15, 0.2) is 42.5 Å². The van der Waals surface area contributed by atoms with Gasteiger partial charge in [0.25, 0.3) is 0 Å². The van der Waals surface area contributed by atoms with E-state index in [1.54, 1.807) is 12.1 Å². The van der Waals surface area contributed by atoms with E-state index in [1.165, 1.54) is 6.92 Å². The minimum atomic E-state index is -0.0900. The standard InChI is InChI=1S/C16H18N2O2/c1-11-6-7-14(18-12(2)19)9-16(11)17-10-13-4-3-5-15(20)8-13/h3-9,17,20H,10H2,1-2H3,(H,18,19). The summed E-state index contributed by atoms with van der Waals surface area (Å²) in [4.78, 5) is 11.1. The highest BCUT2D eigenvalue weighted by Crippen LogP contribution is 2.21. The number of phenols is 1. The van der Waals surface area contributed by atoms with E-state index in [0.29, 0.717) is 6.54 Å². The van der Waals surface area contributed by atoms with E-state index in [2.05, 4.69) is 10.6 Å². The maximum absolute atomic E-state index is 11.1. The number of phenolic OH excluding ortho intramolecular Hbond substituents is 1. The molecule has 2 rings (SSSR count). The summed E-state index contributed by atoms with van der Waals surface area (Å²) in [5.41, 5.74) is 3.81. The molecule has 4 heteroatoms. The Labute approximate surface area is 118 Å². The Morgan fingerprint density at radius 3 is 2.70 bits per heavy atom. The van der Waals surface area contributed by atoms with E-state index in [-0.39, 0.29) is 11.7 Å². The summed E-state index contributed by atoms with van der Waals surface area (Å²) in [5, 5.41) is 15.5. The Hall–Kier alpha value is -2.49. The van der Waals surface area contributed by atoms with Gasteiger partial charge in [-0.2, -0.15) is 0 Å². The molecule has 0 heterocycles. The summed E-state index contributed by atoms with van der Waals surface area (Å²) in [7, 11) is 0. The monoisotopic (exact) mass is 270 g/mol. The van der Waals surface area contributed by atoms with Crippen molar-refractivity contribution in [2.45, 2.75) is 20.4 Å². The number of hydrogen-bond donors (Lipinski definition) is 3. The first-order valence-electron chi connectivity index (χ1n) is 6.44. The first-order valence-corrected chi connectivity index (χ1v) is 6.44. The molecule has 0 saturated carbocycles. The van der Waals surface area contributed by atoms with Crippen LogP contribution in [0.4, 0.5) is 11.4 Å². The number of aromatic hydroxyl groups is 1. The highest BCUT2D eigenvalue weighted by atomic mass is 16.3. The van der Waals surface area contributed by atoms with Gasteiger partial charge in [0.1, 0.15) is 5.75 Å². The summed E-state index contributed by atoms with van der Waals surface area (Å²) < 4.78 is 0. The lowest BCUT2D eigenvalue weighted by atomic mass is 10.1. The first-order chi connectivity index (χ1) is 9.54. The van der Waals surface area contributed by atoms with Gasteiger partial charge < -0.3 is 15.7 Å². The van der Waals surface area contributed by atoms with Gasteiger partial charge >= 0.3 is 0 Å². The molecule has 4 nitrogen and oxygen atoms in total. The lowest BCUT2D eigenvalue weighted by molar-refractivity contribution is -0.114. The summed E-state index contributed by atoms with van der Waals surface area (Å²) in [6.07, 6.45) is 0. The van der Waals surface area contributed by atoms with Crippen molar-refractivity contribution in [3.8, 4) is 5.75 Å². The quantitative estimate of drug-likeness (QED) is 0.799. The molecule has 0 saturated heterocycles. The fourth-order valence-corrected chi connectivity index (χ4v) is 1.96. The van der Waals surface area contributed by atoms with Gasteiger partial charge in [0.05, 0.1) is 0 Å². The topological polar surface area (TPSA) is 61.4 Å². The number of carbonyl (C=O) groups is 1. The van der Waals surface area contributed by atoms with E-state index in [1.807, 2.05) is 37.3 Å². The molecule has 0 aliphatic rings. The van der Waals surface area contributed by atoms with Crippen molar-refractivity contribution in [1.82, 2.24) is 0 Å². The van der Waals surface area contributed by atoms with Crippen molar-refractivity contribution in [1.29, 1.82) is 0 Å². The van der Waals surface area contributed by atoms with Gasteiger partial charge in [-0.1, -0.05) is 18.2 Å². The van der Waals surface area contributed by atoms with Crippen LogP contribution in [-0.2, 0) is 11.3 Å². The summed E-state index contributed by atoms with van der Waals surface area (Å²) in [5.74, 6) is 0.167. The molecule has 2 aromatic carbocycles. The maximum Gasteiger partial charge on any atom is 0.221 e.